The first-order valence-corrected chi connectivity index (χ1v) is 8.13. The minimum Gasteiger partial charge on any atom is -0.477 e. The fourth-order valence-electron chi connectivity index (χ4n) is 2.94. The van der Waals surface area contributed by atoms with Crippen molar-refractivity contribution in [2.75, 3.05) is 25.5 Å². The summed E-state index contributed by atoms with van der Waals surface area (Å²) in [5.74, 6) is 1.000. The fraction of sp³-hybridized carbons (Fsp3) is 0.412. The second-order valence-corrected chi connectivity index (χ2v) is 5.52. The maximum Gasteiger partial charge on any atom is 0.259 e. The Labute approximate surface area is 141 Å². The number of nitrogens with zero attached hydrogens (tertiary/aromatic N) is 4. The van der Waals surface area contributed by atoms with E-state index in [0.717, 1.165) is 18.5 Å². The van der Waals surface area contributed by atoms with Crippen LogP contribution in [0.1, 0.15) is 41.9 Å². The van der Waals surface area contributed by atoms with Gasteiger partial charge in [-0.2, -0.15) is 0 Å². The van der Waals surface area contributed by atoms with E-state index >= 15 is 0 Å². The van der Waals surface area contributed by atoms with Crippen molar-refractivity contribution in [3.8, 4) is 5.88 Å². The van der Waals surface area contributed by atoms with Crippen molar-refractivity contribution in [2.24, 2.45) is 0 Å². The normalized spacial score (nSPS) is 16.9. The Kier molecular flexibility index (Phi) is 4.88. The third kappa shape index (κ3) is 3.15. The molecule has 1 saturated heterocycles. The van der Waals surface area contributed by atoms with Crippen LogP contribution in [0.3, 0.4) is 0 Å². The number of carbonyl (C=O) groups is 1. The molecule has 1 aliphatic rings. The van der Waals surface area contributed by atoms with E-state index in [4.69, 9.17) is 4.74 Å². The summed E-state index contributed by atoms with van der Waals surface area (Å²) in [4.78, 5) is 27.8. The molecule has 1 N–H and O–H groups in total. The highest BCUT2D eigenvalue weighted by Crippen LogP contribution is 2.33. The first-order chi connectivity index (χ1) is 11.7. The average Bonchev–Trinajstić information content (AvgIpc) is 3.12. The van der Waals surface area contributed by atoms with Gasteiger partial charge in [-0.3, -0.25) is 9.78 Å². The minimum absolute atomic E-state index is 0.0759. The Hall–Kier alpha value is -2.70. The number of hydrogen-bond donors (Lipinski definition) is 1. The number of anilines is 1. The summed E-state index contributed by atoms with van der Waals surface area (Å²) < 4.78 is 5.50. The molecule has 0 radical (unpaired) electrons. The molecule has 0 spiro atoms. The summed E-state index contributed by atoms with van der Waals surface area (Å²) in [7, 11) is 1.80. The van der Waals surface area contributed by atoms with Gasteiger partial charge in [-0.15, -0.1) is 0 Å². The van der Waals surface area contributed by atoms with E-state index in [1.54, 1.807) is 37.8 Å². The van der Waals surface area contributed by atoms with Gasteiger partial charge >= 0.3 is 0 Å². The summed E-state index contributed by atoms with van der Waals surface area (Å²) in [5.41, 5.74) is 1.29. The van der Waals surface area contributed by atoms with E-state index in [-0.39, 0.29) is 11.9 Å². The smallest absolute Gasteiger partial charge is 0.259 e. The van der Waals surface area contributed by atoms with Crippen LogP contribution in [0.4, 0.5) is 5.82 Å². The van der Waals surface area contributed by atoms with Crippen molar-refractivity contribution < 1.29 is 9.53 Å². The van der Waals surface area contributed by atoms with Crippen molar-refractivity contribution in [3.63, 3.8) is 0 Å². The van der Waals surface area contributed by atoms with E-state index in [1.165, 1.54) is 0 Å². The van der Waals surface area contributed by atoms with Crippen LogP contribution in [0.5, 0.6) is 5.88 Å². The molecule has 0 saturated carbocycles. The maximum atomic E-state index is 13.0. The Morgan fingerprint density at radius 3 is 3.12 bits per heavy atom. The molecule has 0 aromatic carbocycles. The van der Waals surface area contributed by atoms with Gasteiger partial charge in [-0.1, -0.05) is 0 Å². The second-order valence-electron chi connectivity index (χ2n) is 5.52. The van der Waals surface area contributed by atoms with Gasteiger partial charge in [-0.05, 0) is 31.9 Å². The third-order valence-corrected chi connectivity index (χ3v) is 4.05. The van der Waals surface area contributed by atoms with Crippen LogP contribution in [-0.2, 0) is 0 Å². The molecule has 2 aromatic rings. The van der Waals surface area contributed by atoms with Crippen molar-refractivity contribution in [1.82, 2.24) is 19.9 Å². The third-order valence-electron chi connectivity index (χ3n) is 4.05. The molecular formula is C17H21N5O2. The van der Waals surface area contributed by atoms with Gasteiger partial charge in [0.15, 0.2) is 0 Å². The van der Waals surface area contributed by atoms with Gasteiger partial charge in [0, 0.05) is 19.8 Å². The molecule has 1 amide bonds. The fourth-order valence-corrected chi connectivity index (χ4v) is 2.94. The first-order valence-electron chi connectivity index (χ1n) is 8.13. The van der Waals surface area contributed by atoms with Gasteiger partial charge in [0.05, 0.1) is 30.7 Å². The molecule has 2 aromatic heterocycles. The lowest BCUT2D eigenvalue weighted by Crippen LogP contribution is -2.31. The molecule has 7 nitrogen and oxygen atoms in total. The molecule has 1 fully saturated rings. The molecule has 3 heterocycles. The number of aromatic nitrogens is 3. The maximum absolute atomic E-state index is 13.0. The van der Waals surface area contributed by atoms with Gasteiger partial charge < -0.3 is 15.0 Å². The van der Waals surface area contributed by atoms with Crippen LogP contribution in [0.15, 0.2) is 30.7 Å². The summed E-state index contributed by atoms with van der Waals surface area (Å²) in [6.45, 7) is 3.03. The van der Waals surface area contributed by atoms with E-state index < -0.39 is 0 Å². The monoisotopic (exact) mass is 327 g/mol. The predicted molar refractivity (Wildman–Crippen MR) is 90.0 cm³/mol. The molecular weight excluding hydrogens is 306 g/mol. The van der Waals surface area contributed by atoms with E-state index in [9.17, 15) is 4.79 Å². The van der Waals surface area contributed by atoms with Crippen LogP contribution >= 0.6 is 0 Å². The van der Waals surface area contributed by atoms with E-state index in [2.05, 4.69) is 20.3 Å². The summed E-state index contributed by atoms with van der Waals surface area (Å²) in [6.07, 6.45) is 6.83. The summed E-state index contributed by atoms with van der Waals surface area (Å²) in [5, 5.41) is 2.99. The van der Waals surface area contributed by atoms with Crippen molar-refractivity contribution in [3.05, 3.63) is 42.0 Å². The van der Waals surface area contributed by atoms with Gasteiger partial charge in [0.25, 0.3) is 5.91 Å². The number of pyridine rings is 1. The van der Waals surface area contributed by atoms with Crippen LogP contribution in [0.25, 0.3) is 0 Å². The lowest BCUT2D eigenvalue weighted by molar-refractivity contribution is 0.0727. The predicted octanol–water partition coefficient (Wildman–Crippen LogP) is 2.29. The first kappa shape index (κ1) is 16.2. The molecule has 1 aliphatic heterocycles. The number of ether oxygens (including phenoxy) is 1. The zero-order chi connectivity index (χ0) is 16.9. The Morgan fingerprint density at radius 2 is 2.33 bits per heavy atom. The average molecular weight is 327 g/mol. The zero-order valence-electron chi connectivity index (χ0n) is 13.9. The van der Waals surface area contributed by atoms with Crippen LogP contribution < -0.4 is 10.1 Å². The Morgan fingerprint density at radius 1 is 1.46 bits per heavy atom. The van der Waals surface area contributed by atoms with E-state index in [0.29, 0.717) is 30.4 Å². The minimum atomic E-state index is -0.0780. The van der Waals surface area contributed by atoms with Crippen LogP contribution in [0.2, 0.25) is 0 Å². The Bertz CT molecular complexity index is 722. The molecule has 126 valence electrons. The number of rotatable bonds is 5. The lowest BCUT2D eigenvalue weighted by atomic mass is 10.1. The lowest BCUT2D eigenvalue weighted by Gasteiger charge is -2.25. The molecule has 0 bridgehead atoms. The number of likely N-dealkylation sites (tertiary alicyclic amines) is 1. The van der Waals surface area contributed by atoms with E-state index in [1.807, 2.05) is 11.8 Å². The summed E-state index contributed by atoms with van der Waals surface area (Å²) in [6, 6.07) is 3.43. The molecule has 1 atom stereocenters. The van der Waals surface area contributed by atoms with Gasteiger partial charge in [-0.25, -0.2) is 9.97 Å². The SMILES string of the molecule is CCOc1ncccc1C(=O)N1CCC[C@H]1c1cncc(NC)n1. The quantitative estimate of drug-likeness (QED) is 0.907. The molecule has 7 heteroatoms. The highest BCUT2D eigenvalue weighted by atomic mass is 16.5. The standard InChI is InChI=1S/C17H21N5O2/c1-3-24-16-12(6-4-8-20-16)17(23)22-9-5-7-14(22)13-10-19-11-15(18-2)21-13/h4,6,8,10-11,14H,3,5,7,9H2,1-2H3,(H,18,21)/t14-/m0/s1. The van der Waals surface area contributed by atoms with Gasteiger partial charge in [0.2, 0.25) is 5.88 Å². The molecule has 3 rings (SSSR count). The number of hydrogen-bond acceptors (Lipinski definition) is 6. The number of nitrogens with one attached hydrogen (secondary N) is 1. The highest BCUT2D eigenvalue weighted by molar-refractivity contribution is 5.96. The van der Waals surface area contributed by atoms with Crippen molar-refractivity contribution in [2.45, 2.75) is 25.8 Å². The van der Waals surface area contributed by atoms with Crippen molar-refractivity contribution >= 4 is 11.7 Å². The summed E-state index contributed by atoms with van der Waals surface area (Å²) >= 11 is 0. The number of amides is 1. The topological polar surface area (TPSA) is 80.2 Å². The zero-order valence-corrected chi connectivity index (χ0v) is 13.9. The Balaban J connectivity index is 1.89. The largest absolute Gasteiger partial charge is 0.477 e. The molecule has 0 unspecified atom stereocenters. The highest BCUT2D eigenvalue weighted by Gasteiger charge is 2.33. The van der Waals surface area contributed by atoms with Crippen LogP contribution in [-0.4, -0.2) is 46.0 Å². The second kappa shape index (κ2) is 7.25. The van der Waals surface area contributed by atoms with Crippen molar-refractivity contribution in [1.29, 1.82) is 0 Å². The van der Waals surface area contributed by atoms with Gasteiger partial charge in [0.1, 0.15) is 11.4 Å². The number of carbonyl (C=O) groups excluding carboxylic acids is 1. The molecule has 0 aliphatic carbocycles. The van der Waals surface area contributed by atoms with Crippen LogP contribution in [0, 0.1) is 0 Å². The molecule has 24 heavy (non-hydrogen) atoms.